The summed E-state index contributed by atoms with van der Waals surface area (Å²) in [6, 6.07) is -1.06. The summed E-state index contributed by atoms with van der Waals surface area (Å²) >= 11 is 6.23. The van der Waals surface area contributed by atoms with Gasteiger partial charge in [-0.05, 0) is 69.6 Å². The fourth-order valence-corrected chi connectivity index (χ4v) is 7.26. The van der Waals surface area contributed by atoms with E-state index in [4.69, 9.17) is 11.6 Å². The lowest BCUT2D eigenvalue weighted by Crippen LogP contribution is -2.43. The number of alkyl halides is 3. The van der Waals surface area contributed by atoms with E-state index < -0.39 is 46.9 Å². The van der Waals surface area contributed by atoms with E-state index in [1.807, 2.05) is 0 Å². The van der Waals surface area contributed by atoms with Crippen molar-refractivity contribution in [3.63, 3.8) is 0 Å². The van der Waals surface area contributed by atoms with Crippen LogP contribution in [0.25, 0.3) is 0 Å². The number of carbonyl (C=O) groups excluding carboxylic acids is 1. The normalized spacial score (nSPS) is 29.6. The zero-order chi connectivity index (χ0) is 30.1. The summed E-state index contributed by atoms with van der Waals surface area (Å²) in [5, 5.41) is 24.8. The molecule has 0 radical (unpaired) electrons. The number of carboxylic acid groups (broad SMARTS) is 1. The highest BCUT2D eigenvalue weighted by molar-refractivity contribution is 6.31. The molecule has 2 aromatic rings. The Hall–Kier alpha value is -2.73. The molecule has 3 aliphatic carbocycles. The highest BCUT2D eigenvalue weighted by atomic mass is 35.5. The molecule has 5 rings (SSSR count). The number of rotatable bonds is 7. The van der Waals surface area contributed by atoms with Gasteiger partial charge < -0.3 is 15.1 Å². The number of hydrogen-bond donors (Lipinski definition) is 2. The second-order valence-corrected chi connectivity index (χ2v) is 13.1. The fourth-order valence-electron chi connectivity index (χ4n) is 7.04. The number of aliphatic hydroxyl groups is 1. The molecular formula is C28H35ClF3N5O4. The van der Waals surface area contributed by atoms with Crippen molar-refractivity contribution in [2.24, 2.45) is 22.7 Å². The topological polar surface area (TPSA) is 121 Å². The molecule has 13 heteroatoms. The molecule has 2 aromatic heterocycles. The minimum absolute atomic E-state index is 0.0976. The predicted molar refractivity (Wildman–Crippen MR) is 142 cm³/mol. The standard InChI is InChI=1S/C28H35ClF3N5O4/c1-14-33-12-20(29)22(35-14)21(38)13-36(16-9-18-19(10-16)26(18,2)3)24(39)17-11-34-37(23(17)28(30,31)32)15-5-7-27(4,8-6-15)25(40)41/h11-12,15-16,18-19,21,38H,5-10,13H2,1-4H3,(H,40,41)/t15-,16-,18+,19-,21?,27-. The van der Waals surface area contributed by atoms with Gasteiger partial charge in [0.25, 0.3) is 5.91 Å². The van der Waals surface area contributed by atoms with Gasteiger partial charge in [0.1, 0.15) is 11.9 Å². The Morgan fingerprint density at radius 3 is 2.34 bits per heavy atom. The molecule has 0 aliphatic heterocycles. The van der Waals surface area contributed by atoms with Crippen molar-refractivity contribution < 1.29 is 33.0 Å². The average molecular weight is 598 g/mol. The Morgan fingerprint density at radius 2 is 1.78 bits per heavy atom. The third-order valence-corrected chi connectivity index (χ3v) is 10.1. The van der Waals surface area contributed by atoms with Crippen LogP contribution in [0.5, 0.6) is 0 Å². The average Bonchev–Trinajstić information content (AvgIpc) is 3.32. The predicted octanol–water partition coefficient (Wildman–Crippen LogP) is 5.47. The molecule has 3 aliphatic rings. The van der Waals surface area contributed by atoms with Gasteiger partial charge in [0, 0.05) is 12.2 Å². The number of hydrogen-bond acceptors (Lipinski definition) is 6. The zero-order valence-electron chi connectivity index (χ0n) is 23.5. The van der Waals surface area contributed by atoms with E-state index in [2.05, 4.69) is 28.9 Å². The number of amides is 1. The quantitative estimate of drug-likeness (QED) is 0.434. The number of aliphatic hydroxyl groups excluding tert-OH is 1. The first-order valence-corrected chi connectivity index (χ1v) is 14.3. The highest BCUT2D eigenvalue weighted by Crippen LogP contribution is 2.67. The molecule has 0 saturated heterocycles. The molecule has 41 heavy (non-hydrogen) atoms. The Balaban J connectivity index is 1.47. The lowest BCUT2D eigenvalue weighted by molar-refractivity contribution is -0.152. The Morgan fingerprint density at radius 1 is 1.17 bits per heavy atom. The summed E-state index contributed by atoms with van der Waals surface area (Å²) in [6.45, 7) is 7.22. The molecule has 1 unspecified atom stereocenters. The molecule has 3 saturated carbocycles. The molecule has 1 amide bonds. The molecule has 0 bridgehead atoms. The molecule has 0 spiro atoms. The van der Waals surface area contributed by atoms with Gasteiger partial charge in [-0.2, -0.15) is 18.3 Å². The van der Waals surface area contributed by atoms with Crippen LogP contribution in [-0.4, -0.2) is 59.3 Å². The summed E-state index contributed by atoms with van der Waals surface area (Å²) < 4.78 is 44.5. The molecule has 224 valence electrons. The van der Waals surface area contributed by atoms with E-state index in [9.17, 15) is 33.0 Å². The third-order valence-electron chi connectivity index (χ3n) is 9.83. The van der Waals surface area contributed by atoms with Crippen LogP contribution < -0.4 is 0 Å². The van der Waals surface area contributed by atoms with Crippen molar-refractivity contribution in [2.75, 3.05) is 6.54 Å². The van der Waals surface area contributed by atoms with E-state index >= 15 is 0 Å². The summed E-state index contributed by atoms with van der Waals surface area (Å²) in [6.07, 6.45) is -1.90. The van der Waals surface area contributed by atoms with Gasteiger partial charge in [-0.15, -0.1) is 0 Å². The van der Waals surface area contributed by atoms with Gasteiger partial charge in [0.05, 0.1) is 40.5 Å². The van der Waals surface area contributed by atoms with E-state index in [1.165, 1.54) is 11.1 Å². The van der Waals surface area contributed by atoms with Crippen LogP contribution in [0.4, 0.5) is 13.2 Å². The number of fused-ring (bicyclic) bond motifs is 1. The lowest BCUT2D eigenvalue weighted by Gasteiger charge is -2.35. The van der Waals surface area contributed by atoms with Crippen LogP contribution >= 0.6 is 11.6 Å². The van der Waals surface area contributed by atoms with E-state index in [1.54, 1.807) is 13.8 Å². The van der Waals surface area contributed by atoms with E-state index in [0.717, 1.165) is 10.9 Å². The first kappa shape index (κ1) is 29.8. The molecule has 0 aromatic carbocycles. The zero-order valence-corrected chi connectivity index (χ0v) is 24.2. The maximum Gasteiger partial charge on any atom is 0.433 e. The van der Waals surface area contributed by atoms with Gasteiger partial charge in [0.2, 0.25) is 0 Å². The van der Waals surface area contributed by atoms with Gasteiger partial charge in [0.15, 0.2) is 5.69 Å². The second kappa shape index (κ2) is 10.2. The Bertz CT molecular complexity index is 1340. The minimum atomic E-state index is -4.88. The van der Waals surface area contributed by atoms with Gasteiger partial charge in [-0.1, -0.05) is 25.4 Å². The van der Waals surface area contributed by atoms with Crippen LogP contribution in [0.15, 0.2) is 12.4 Å². The summed E-state index contributed by atoms with van der Waals surface area (Å²) in [5.74, 6) is -0.785. The van der Waals surface area contributed by atoms with E-state index in [-0.39, 0.29) is 54.4 Å². The van der Waals surface area contributed by atoms with E-state index in [0.29, 0.717) is 30.5 Å². The molecular weight excluding hydrogens is 563 g/mol. The summed E-state index contributed by atoms with van der Waals surface area (Å²) in [5.41, 5.74) is -2.52. The van der Waals surface area contributed by atoms with Crippen molar-refractivity contribution in [3.8, 4) is 0 Å². The molecule has 9 nitrogen and oxygen atoms in total. The van der Waals surface area contributed by atoms with Crippen molar-refractivity contribution in [2.45, 2.75) is 90.6 Å². The van der Waals surface area contributed by atoms with Gasteiger partial charge in [-0.3, -0.25) is 14.3 Å². The van der Waals surface area contributed by atoms with Gasteiger partial charge in [-0.25, -0.2) is 9.97 Å². The molecule has 4 atom stereocenters. The maximum absolute atomic E-state index is 14.6. The minimum Gasteiger partial charge on any atom is -0.481 e. The monoisotopic (exact) mass is 597 g/mol. The van der Waals surface area contributed by atoms with Crippen LogP contribution in [0.2, 0.25) is 5.02 Å². The Kier molecular flexibility index (Phi) is 7.41. The van der Waals surface area contributed by atoms with Crippen LogP contribution in [0.3, 0.4) is 0 Å². The van der Waals surface area contributed by atoms with Crippen molar-refractivity contribution >= 4 is 23.5 Å². The second-order valence-electron chi connectivity index (χ2n) is 12.7. The van der Waals surface area contributed by atoms with Crippen molar-refractivity contribution in [1.82, 2.24) is 24.6 Å². The summed E-state index contributed by atoms with van der Waals surface area (Å²) in [4.78, 5) is 35.2. The SMILES string of the molecule is Cc1ncc(Cl)c(C(O)CN(C(=O)c2cnn([C@H]3CC[C@](C)(C(=O)O)CC3)c2C(F)(F)F)[C@H]2C[C@@H]3[C@H](C2)C3(C)C)n1. The largest absolute Gasteiger partial charge is 0.481 e. The lowest BCUT2D eigenvalue weighted by atomic mass is 9.74. The van der Waals surface area contributed by atoms with Crippen molar-refractivity contribution in [1.29, 1.82) is 0 Å². The third kappa shape index (κ3) is 5.33. The number of carbonyl (C=O) groups is 2. The number of halogens is 4. The smallest absolute Gasteiger partial charge is 0.433 e. The van der Waals surface area contributed by atoms with Crippen LogP contribution in [0, 0.1) is 29.6 Å². The molecule has 2 N–H and O–H groups in total. The number of aryl methyl sites for hydroxylation is 1. The first-order chi connectivity index (χ1) is 19.0. The van der Waals surface area contributed by atoms with Crippen LogP contribution in [0.1, 0.15) is 99.0 Å². The van der Waals surface area contributed by atoms with Crippen molar-refractivity contribution in [3.05, 3.63) is 40.2 Å². The van der Waals surface area contributed by atoms with Crippen LogP contribution in [-0.2, 0) is 11.0 Å². The first-order valence-electron chi connectivity index (χ1n) is 13.9. The Labute approximate surface area is 241 Å². The van der Waals surface area contributed by atoms with Gasteiger partial charge >= 0.3 is 12.1 Å². The number of aliphatic carboxylic acids is 1. The maximum atomic E-state index is 14.6. The number of carboxylic acids is 1. The number of nitrogens with zero attached hydrogens (tertiary/aromatic N) is 5. The molecule has 2 heterocycles. The fraction of sp³-hybridized carbons (Fsp3) is 0.679. The molecule has 3 fully saturated rings. The number of aromatic nitrogens is 4. The highest BCUT2D eigenvalue weighted by Gasteiger charge is 2.63. The summed E-state index contributed by atoms with van der Waals surface area (Å²) in [7, 11) is 0.